The van der Waals surface area contributed by atoms with Crippen molar-refractivity contribution in [1.82, 2.24) is 24.4 Å². The average molecular weight is 390 g/mol. The largest absolute Gasteiger partial charge is 0.333 e. The molecule has 9 nitrogen and oxygen atoms in total. The third-order valence-corrected chi connectivity index (χ3v) is 6.93. The van der Waals surface area contributed by atoms with E-state index in [1.54, 1.807) is 35.8 Å². The fourth-order valence-corrected chi connectivity index (χ4v) is 5.97. The molecular weight excluding hydrogens is 368 g/mol. The zero-order valence-corrected chi connectivity index (χ0v) is 15.9. The van der Waals surface area contributed by atoms with Crippen LogP contribution in [0.4, 0.5) is 5.95 Å². The Morgan fingerprint density at radius 1 is 1.11 bits per heavy atom. The van der Waals surface area contributed by atoms with Crippen LogP contribution in [0, 0.1) is 0 Å². The Morgan fingerprint density at radius 3 is 2.59 bits per heavy atom. The Hall–Kier alpha value is -2.49. The summed E-state index contributed by atoms with van der Waals surface area (Å²) in [5, 5.41) is 0. The number of amides is 1. The number of anilines is 1. The third kappa shape index (κ3) is 3.41. The molecule has 27 heavy (non-hydrogen) atoms. The van der Waals surface area contributed by atoms with Gasteiger partial charge in [0.2, 0.25) is 11.9 Å². The summed E-state index contributed by atoms with van der Waals surface area (Å²) < 4.78 is 26.5. The van der Waals surface area contributed by atoms with E-state index in [1.807, 2.05) is 16.4 Å². The molecule has 0 saturated carbocycles. The Bertz CT molecular complexity index is 929. The van der Waals surface area contributed by atoms with Crippen molar-refractivity contribution in [3.05, 3.63) is 36.7 Å². The molecule has 0 N–H and O–H groups in total. The molecule has 4 heterocycles. The number of piperazine rings is 1. The Kier molecular flexibility index (Phi) is 4.58. The summed E-state index contributed by atoms with van der Waals surface area (Å²) in [5.74, 6) is 1.28. The van der Waals surface area contributed by atoms with Gasteiger partial charge in [0.05, 0.1) is 23.6 Å². The summed E-state index contributed by atoms with van der Waals surface area (Å²) >= 11 is 0. The van der Waals surface area contributed by atoms with Crippen molar-refractivity contribution >= 4 is 21.7 Å². The topological polar surface area (TPSA) is 101 Å². The normalized spacial score (nSPS) is 24.0. The van der Waals surface area contributed by atoms with Crippen molar-refractivity contribution in [2.75, 3.05) is 29.5 Å². The predicted molar refractivity (Wildman–Crippen MR) is 98.9 cm³/mol. The number of aromatic nitrogens is 4. The fourth-order valence-electron chi connectivity index (χ4n) is 3.99. The summed E-state index contributed by atoms with van der Waals surface area (Å²) in [4.78, 5) is 29.4. The van der Waals surface area contributed by atoms with Gasteiger partial charge in [0, 0.05) is 44.3 Å². The molecule has 2 aliphatic heterocycles. The first-order chi connectivity index (χ1) is 13.0. The maximum absolute atomic E-state index is 13.0. The molecule has 2 saturated heterocycles. The highest BCUT2D eigenvalue weighted by Gasteiger charge is 2.48. The molecule has 4 rings (SSSR count). The summed E-state index contributed by atoms with van der Waals surface area (Å²) in [6.07, 6.45) is 7.49. The van der Waals surface area contributed by atoms with Gasteiger partial charge in [-0.2, -0.15) is 0 Å². The summed E-state index contributed by atoms with van der Waals surface area (Å²) in [6.45, 7) is 3.12. The van der Waals surface area contributed by atoms with E-state index in [4.69, 9.17) is 0 Å². The molecule has 144 valence electrons. The number of imidazole rings is 1. The van der Waals surface area contributed by atoms with Crippen LogP contribution in [0.25, 0.3) is 0 Å². The third-order valence-electron chi connectivity index (χ3n) is 5.23. The number of carbonyl (C=O) groups is 1. The van der Waals surface area contributed by atoms with Gasteiger partial charge >= 0.3 is 0 Å². The lowest BCUT2D eigenvalue weighted by molar-refractivity contribution is -0.134. The van der Waals surface area contributed by atoms with Crippen LogP contribution in [-0.4, -0.2) is 75.4 Å². The van der Waals surface area contributed by atoms with Crippen LogP contribution in [0.5, 0.6) is 0 Å². The van der Waals surface area contributed by atoms with Gasteiger partial charge in [0.25, 0.3) is 0 Å². The van der Waals surface area contributed by atoms with E-state index in [0.717, 1.165) is 12.2 Å². The molecule has 0 aliphatic carbocycles. The van der Waals surface area contributed by atoms with Crippen molar-refractivity contribution in [3.8, 4) is 0 Å². The monoisotopic (exact) mass is 390 g/mol. The van der Waals surface area contributed by atoms with Crippen molar-refractivity contribution in [3.63, 3.8) is 0 Å². The maximum Gasteiger partial charge on any atom is 0.242 e. The van der Waals surface area contributed by atoms with Gasteiger partial charge in [-0.25, -0.2) is 23.4 Å². The van der Waals surface area contributed by atoms with Crippen LogP contribution in [-0.2, 0) is 27.6 Å². The molecule has 2 aliphatic rings. The van der Waals surface area contributed by atoms with Crippen LogP contribution in [0.1, 0.15) is 12.7 Å². The minimum Gasteiger partial charge on any atom is -0.333 e. The highest BCUT2D eigenvalue weighted by atomic mass is 32.2. The molecule has 0 unspecified atom stereocenters. The molecule has 1 amide bonds. The van der Waals surface area contributed by atoms with Gasteiger partial charge in [-0.05, 0) is 6.07 Å². The van der Waals surface area contributed by atoms with Crippen LogP contribution in [0.15, 0.2) is 30.9 Å². The van der Waals surface area contributed by atoms with Gasteiger partial charge in [-0.15, -0.1) is 0 Å². The number of fused-ring (bicyclic) bond motifs is 1. The molecule has 0 bridgehead atoms. The van der Waals surface area contributed by atoms with Crippen LogP contribution in [0.2, 0.25) is 0 Å². The fraction of sp³-hybridized carbons (Fsp3) is 0.529. The van der Waals surface area contributed by atoms with Crippen LogP contribution >= 0.6 is 0 Å². The quantitative estimate of drug-likeness (QED) is 0.709. The lowest BCUT2D eigenvalue weighted by atomic mass is 10.0. The first kappa shape index (κ1) is 17.9. The summed E-state index contributed by atoms with van der Waals surface area (Å²) in [6, 6.07) is 1.03. The number of aryl methyl sites for hydroxylation is 1. The lowest BCUT2D eigenvalue weighted by Crippen LogP contribution is -2.61. The second-order valence-electron chi connectivity index (χ2n) is 6.87. The van der Waals surface area contributed by atoms with Crippen LogP contribution in [0.3, 0.4) is 0 Å². The van der Waals surface area contributed by atoms with E-state index < -0.39 is 9.84 Å². The van der Waals surface area contributed by atoms with Crippen LogP contribution < -0.4 is 4.90 Å². The SMILES string of the molecule is CCc1nccn1CC(=O)N1CCN(c2ncccn2)[C@@H]2CS(=O)(=O)C[C@@H]21. The first-order valence-corrected chi connectivity index (χ1v) is 10.8. The molecular formula is C17H22N6O3S. The molecule has 2 aromatic rings. The molecule has 2 atom stereocenters. The minimum absolute atomic E-state index is 0.0166. The molecule has 2 fully saturated rings. The Balaban J connectivity index is 1.58. The standard InChI is InChI=1S/C17H22N6O3S/c1-2-15-18-6-7-21(15)10-16(24)22-8-9-23(17-19-4-3-5-20-17)14-12-27(25,26)11-13(14)22/h3-7,13-14H,2,8-12H2,1H3/t13-,14+/m0/s1. The molecule has 0 radical (unpaired) electrons. The van der Waals surface area contributed by atoms with E-state index >= 15 is 0 Å². The van der Waals surface area contributed by atoms with Gasteiger partial charge < -0.3 is 14.4 Å². The Morgan fingerprint density at radius 2 is 1.85 bits per heavy atom. The second-order valence-corrected chi connectivity index (χ2v) is 9.02. The van der Waals surface area contributed by atoms with E-state index in [9.17, 15) is 13.2 Å². The number of sulfone groups is 1. The van der Waals surface area contributed by atoms with E-state index in [2.05, 4.69) is 15.0 Å². The van der Waals surface area contributed by atoms with Gasteiger partial charge in [0.15, 0.2) is 9.84 Å². The number of rotatable bonds is 4. The average Bonchev–Trinajstić information content (AvgIpc) is 3.23. The first-order valence-electron chi connectivity index (χ1n) is 9.02. The lowest BCUT2D eigenvalue weighted by Gasteiger charge is -2.43. The molecule has 0 aromatic carbocycles. The van der Waals surface area contributed by atoms with Gasteiger partial charge in [0.1, 0.15) is 12.4 Å². The zero-order chi connectivity index (χ0) is 19.0. The van der Waals surface area contributed by atoms with Crippen molar-refractivity contribution < 1.29 is 13.2 Å². The molecule has 10 heteroatoms. The number of hydrogen-bond donors (Lipinski definition) is 0. The van der Waals surface area contributed by atoms with Crippen molar-refractivity contribution in [2.24, 2.45) is 0 Å². The summed E-state index contributed by atoms with van der Waals surface area (Å²) in [7, 11) is -3.22. The predicted octanol–water partition coefficient (Wildman–Crippen LogP) is -0.250. The highest BCUT2D eigenvalue weighted by molar-refractivity contribution is 7.91. The van der Waals surface area contributed by atoms with Crippen molar-refractivity contribution in [1.29, 1.82) is 0 Å². The second kappa shape index (κ2) is 6.91. The van der Waals surface area contributed by atoms with Gasteiger partial charge in [-0.1, -0.05) is 6.92 Å². The molecule has 2 aromatic heterocycles. The van der Waals surface area contributed by atoms with E-state index in [1.165, 1.54) is 0 Å². The van der Waals surface area contributed by atoms with E-state index in [-0.39, 0.29) is 36.0 Å². The maximum atomic E-state index is 13.0. The Labute approximate surface area is 158 Å². The smallest absolute Gasteiger partial charge is 0.242 e. The van der Waals surface area contributed by atoms with E-state index in [0.29, 0.717) is 19.0 Å². The highest BCUT2D eigenvalue weighted by Crippen LogP contribution is 2.29. The van der Waals surface area contributed by atoms with Gasteiger partial charge in [-0.3, -0.25) is 4.79 Å². The zero-order valence-electron chi connectivity index (χ0n) is 15.1. The number of hydrogen-bond acceptors (Lipinski definition) is 7. The molecule has 0 spiro atoms. The number of nitrogens with zero attached hydrogens (tertiary/aromatic N) is 6. The summed E-state index contributed by atoms with van der Waals surface area (Å²) in [5.41, 5.74) is 0. The number of carbonyl (C=O) groups excluding carboxylic acids is 1. The minimum atomic E-state index is -3.22. The van der Waals surface area contributed by atoms with Crippen molar-refractivity contribution in [2.45, 2.75) is 32.0 Å².